The minimum atomic E-state index is -0.151. The summed E-state index contributed by atoms with van der Waals surface area (Å²) in [5.41, 5.74) is 1.60. The van der Waals surface area contributed by atoms with Crippen LogP contribution < -0.4 is 5.32 Å². The lowest BCUT2D eigenvalue weighted by molar-refractivity contribution is 0.0891. The lowest BCUT2D eigenvalue weighted by Gasteiger charge is -2.33. The normalized spacial score (nSPS) is 18.2. The summed E-state index contributed by atoms with van der Waals surface area (Å²) in [6.07, 6.45) is 2.84. The average molecular weight is 376 g/mol. The van der Waals surface area contributed by atoms with Gasteiger partial charge in [0.1, 0.15) is 5.76 Å². The van der Waals surface area contributed by atoms with Crippen molar-refractivity contribution in [1.29, 1.82) is 0 Å². The highest BCUT2D eigenvalue weighted by atomic mass is 35.5. The Kier molecular flexibility index (Phi) is 6.33. The summed E-state index contributed by atoms with van der Waals surface area (Å²) in [5.74, 6) is 1.08. The highest BCUT2D eigenvalue weighted by Gasteiger charge is 2.23. The number of hydrogen-bond donors (Lipinski definition) is 1. The topological polar surface area (TPSA) is 58.4 Å². The Morgan fingerprint density at radius 2 is 2.15 bits per heavy atom. The second-order valence-corrected chi connectivity index (χ2v) is 7.89. The van der Waals surface area contributed by atoms with E-state index in [1.54, 1.807) is 6.07 Å². The number of nitrogens with one attached hydrogen (secondary N) is 1. The van der Waals surface area contributed by atoms with E-state index in [1.165, 1.54) is 5.56 Å². The zero-order valence-corrected chi connectivity index (χ0v) is 16.1. The predicted octanol–water partition coefficient (Wildman–Crippen LogP) is 3.92. The molecule has 0 bridgehead atoms. The van der Waals surface area contributed by atoms with E-state index >= 15 is 0 Å². The van der Waals surface area contributed by atoms with Crippen molar-refractivity contribution in [2.45, 2.75) is 45.7 Å². The molecule has 1 aromatic heterocycles. The third-order valence-corrected chi connectivity index (χ3v) is 4.81. The number of likely N-dealkylation sites (tertiary alicyclic amines) is 1. The van der Waals surface area contributed by atoms with Gasteiger partial charge < -0.3 is 9.84 Å². The summed E-state index contributed by atoms with van der Waals surface area (Å²) in [4.78, 5) is 14.8. The molecule has 0 aliphatic carbocycles. The fourth-order valence-electron chi connectivity index (χ4n) is 3.34. The third kappa shape index (κ3) is 5.32. The molecule has 5 nitrogen and oxygen atoms in total. The van der Waals surface area contributed by atoms with Gasteiger partial charge in [-0.1, -0.05) is 42.7 Å². The quantitative estimate of drug-likeness (QED) is 0.831. The number of benzene rings is 1. The SMILES string of the molecule is CC(C)Cc1cc(C(=O)NC2CCCN(Cc3ccc(Cl)cc3)C2)no1. The number of rotatable bonds is 6. The number of halogens is 1. The number of amides is 1. The van der Waals surface area contributed by atoms with Gasteiger partial charge in [0.15, 0.2) is 5.69 Å². The van der Waals surface area contributed by atoms with Crippen molar-refractivity contribution in [2.24, 2.45) is 5.92 Å². The van der Waals surface area contributed by atoms with E-state index in [0.29, 0.717) is 11.6 Å². The number of nitrogens with zero attached hydrogens (tertiary/aromatic N) is 2. The van der Waals surface area contributed by atoms with Gasteiger partial charge in [0.2, 0.25) is 0 Å². The third-order valence-electron chi connectivity index (χ3n) is 4.56. The standard InChI is InChI=1S/C20H26ClN3O2/c1-14(2)10-18-11-19(23-26-18)20(25)22-17-4-3-9-24(13-17)12-15-5-7-16(21)8-6-15/h5-8,11,14,17H,3-4,9-10,12-13H2,1-2H3,(H,22,25). The molecule has 26 heavy (non-hydrogen) atoms. The van der Waals surface area contributed by atoms with Crippen LogP contribution in [0.1, 0.15) is 48.5 Å². The molecule has 0 radical (unpaired) electrons. The minimum absolute atomic E-state index is 0.133. The lowest BCUT2D eigenvalue weighted by atomic mass is 10.0. The molecule has 6 heteroatoms. The van der Waals surface area contributed by atoms with Crippen LogP contribution >= 0.6 is 11.6 Å². The maximum atomic E-state index is 12.4. The molecule has 1 saturated heterocycles. The van der Waals surface area contributed by atoms with Gasteiger partial charge in [0.05, 0.1) is 0 Å². The van der Waals surface area contributed by atoms with Gasteiger partial charge in [0, 0.05) is 36.6 Å². The molecule has 3 rings (SSSR count). The molecule has 1 aliphatic rings. The van der Waals surface area contributed by atoms with Crippen molar-refractivity contribution < 1.29 is 9.32 Å². The molecule has 0 spiro atoms. The lowest BCUT2D eigenvalue weighted by Crippen LogP contribution is -2.47. The number of hydrogen-bond acceptors (Lipinski definition) is 4. The van der Waals surface area contributed by atoms with Crippen molar-refractivity contribution in [2.75, 3.05) is 13.1 Å². The van der Waals surface area contributed by atoms with Gasteiger partial charge in [-0.15, -0.1) is 0 Å². The van der Waals surface area contributed by atoms with E-state index in [4.69, 9.17) is 16.1 Å². The Balaban J connectivity index is 1.53. The zero-order valence-electron chi connectivity index (χ0n) is 15.4. The van der Waals surface area contributed by atoms with Crippen molar-refractivity contribution in [1.82, 2.24) is 15.4 Å². The first-order valence-corrected chi connectivity index (χ1v) is 9.60. The molecule has 1 aromatic carbocycles. The highest BCUT2D eigenvalue weighted by Crippen LogP contribution is 2.16. The predicted molar refractivity (Wildman–Crippen MR) is 102 cm³/mol. The molecule has 1 fully saturated rings. The summed E-state index contributed by atoms with van der Waals surface area (Å²) in [6.45, 7) is 6.97. The molecule has 1 unspecified atom stereocenters. The molecule has 2 heterocycles. The minimum Gasteiger partial charge on any atom is -0.361 e. The van der Waals surface area contributed by atoms with Gasteiger partial charge in [-0.3, -0.25) is 9.69 Å². The summed E-state index contributed by atoms with van der Waals surface area (Å²) >= 11 is 5.95. The van der Waals surface area contributed by atoms with Crippen LogP contribution in [0.3, 0.4) is 0 Å². The molecular weight excluding hydrogens is 350 g/mol. The summed E-state index contributed by atoms with van der Waals surface area (Å²) in [5, 5.41) is 7.77. The van der Waals surface area contributed by atoms with Crippen LogP contribution in [0.15, 0.2) is 34.9 Å². The first kappa shape index (κ1) is 18.9. The average Bonchev–Trinajstić information content (AvgIpc) is 3.05. The Hall–Kier alpha value is -1.85. The van der Waals surface area contributed by atoms with Crippen LogP contribution in [-0.4, -0.2) is 35.1 Å². The number of carbonyl (C=O) groups is 1. The largest absolute Gasteiger partial charge is 0.361 e. The molecule has 1 aliphatic heterocycles. The summed E-state index contributed by atoms with van der Waals surface area (Å²) in [6, 6.07) is 9.82. The molecule has 140 valence electrons. The number of carbonyl (C=O) groups excluding carboxylic acids is 1. The maximum absolute atomic E-state index is 12.4. The fourth-order valence-corrected chi connectivity index (χ4v) is 3.47. The van der Waals surface area contributed by atoms with Crippen molar-refractivity contribution >= 4 is 17.5 Å². The number of aromatic nitrogens is 1. The number of piperidine rings is 1. The molecule has 1 amide bonds. The molecular formula is C20H26ClN3O2. The maximum Gasteiger partial charge on any atom is 0.273 e. The van der Waals surface area contributed by atoms with Gasteiger partial charge >= 0.3 is 0 Å². The zero-order chi connectivity index (χ0) is 18.5. The molecule has 1 atom stereocenters. The second-order valence-electron chi connectivity index (χ2n) is 7.45. The van der Waals surface area contributed by atoms with Crippen molar-refractivity contribution in [3.05, 3.63) is 52.4 Å². The summed E-state index contributed by atoms with van der Waals surface area (Å²) in [7, 11) is 0. The van der Waals surface area contributed by atoms with E-state index in [9.17, 15) is 4.79 Å². The van der Waals surface area contributed by atoms with E-state index < -0.39 is 0 Å². The van der Waals surface area contributed by atoms with Crippen LogP contribution in [0.25, 0.3) is 0 Å². The van der Waals surface area contributed by atoms with Crippen LogP contribution in [0.4, 0.5) is 0 Å². The fraction of sp³-hybridized carbons (Fsp3) is 0.500. The Morgan fingerprint density at radius 1 is 1.38 bits per heavy atom. The molecule has 0 saturated carbocycles. The molecule has 1 N–H and O–H groups in total. The summed E-state index contributed by atoms with van der Waals surface area (Å²) < 4.78 is 5.26. The van der Waals surface area contributed by atoms with Gasteiger partial charge in [-0.05, 0) is 43.0 Å². The van der Waals surface area contributed by atoms with E-state index in [2.05, 4.69) is 41.4 Å². The van der Waals surface area contributed by atoms with Crippen LogP contribution in [-0.2, 0) is 13.0 Å². The first-order chi connectivity index (χ1) is 12.5. The highest BCUT2D eigenvalue weighted by molar-refractivity contribution is 6.30. The van der Waals surface area contributed by atoms with E-state index in [0.717, 1.165) is 49.7 Å². The van der Waals surface area contributed by atoms with E-state index in [1.807, 2.05) is 12.1 Å². The van der Waals surface area contributed by atoms with Crippen molar-refractivity contribution in [3.63, 3.8) is 0 Å². The smallest absolute Gasteiger partial charge is 0.273 e. The monoisotopic (exact) mass is 375 g/mol. The molecule has 2 aromatic rings. The Bertz CT molecular complexity index is 727. The van der Waals surface area contributed by atoms with Crippen LogP contribution in [0, 0.1) is 5.92 Å². The second kappa shape index (κ2) is 8.69. The van der Waals surface area contributed by atoms with Gasteiger partial charge in [-0.25, -0.2) is 0 Å². The van der Waals surface area contributed by atoms with Crippen LogP contribution in [0.5, 0.6) is 0 Å². The van der Waals surface area contributed by atoms with Crippen LogP contribution in [0.2, 0.25) is 5.02 Å². The van der Waals surface area contributed by atoms with Crippen molar-refractivity contribution in [3.8, 4) is 0 Å². The Morgan fingerprint density at radius 3 is 2.88 bits per heavy atom. The van der Waals surface area contributed by atoms with Gasteiger partial charge in [-0.2, -0.15) is 0 Å². The first-order valence-electron chi connectivity index (χ1n) is 9.23. The Labute approximate surface area is 159 Å². The van der Waals surface area contributed by atoms with E-state index in [-0.39, 0.29) is 11.9 Å². The van der Waals surface area contributed by atoms with Gasteiger partial charge in [0.25, 0.3) is 5.91 Å².